The first-order chi connectivity index (χ1) is 15.9. The topological polar surface area (TPSA) is 119 Å². The first-order valence-corrected chi connectivity index (χ1v) is 12.6. The van der Waals surface area contributed by atoms with Gasteiger partial charge >= 0.3 is 11.9 Å². The molecule has 0 aromatic rings. The molecule has 7 atom stereocenters. The number of aliphatic hydroxyl groups is 2. The van der Waals surface area contributed by atoms with Crippen LogP contribution in [0.25, 0.3) is 0 Å². The maximum Gasteiger partial charge on any atom is 0.339 e. The highest BCUT2D eigenvalue weighted by atomic mass is 16.6. The quantitative estimate of drug-likeness (QED) is 0.467. The van der Waals surface area contributed by atoms with E-state index in [0.29, 0.717) is 19.4 Å². The third kappa shape index (κ3) is 6.07. The van der Waals surface area contributed by atoms with Crippen LogP contribution in [0.15, 0.2) is 11.6 Å². The molecule has 192 valence electrons. The fourth-order valence-electron chi connectivity index (χ4n) is 5.53. The molecule has 2 fully saturated rings. The Morgan fingerprint density at radius 2 is 1.97 bits per heavy atom. The third-order valence-electron chi connectivity index (χ3n) is 7.72. The number of carbonyl (C=O) groups is 3. The molecular formula is C26H40O8. The number of rotatable bonds is 3. The number of esters is 2. The van der Waals surface area contributed by atoms with Crippen molar-refractivity contribution in [1.82, 2.24) is 0 Å². The molecule has 0 radical (unpaired) electrons. The zero-order chi connectivity index (χ0) is 25.1. The van der Waals surface area contributed by atoms with E-state index in [1.54, 1.807) is 0 Å². The fraction of sp³-hybridized carbons (Fsp3) is 0.808. The number of ether oxygens (including phenoxy) is 3. The molecule has 8 heteroatoms. The van der Waals surface area contributed by atoms with Crippen LogP contribution in [0.4, 0.5) is 0 Å². The molecule has 0 aromatic heterocycles. The average Bonchev–Trinajstić information content (AvgIpc) is 3.33. The summed E-state index contributed by atoms with van der Waals surface area (Å²) >= 11 is 0. The van der Waals surface area contributed by atoms with Crippen molar-refractivity contribution in [3.63, 3.8) is 0 Å². The van der Waals surface area contributed by atoms with Gasteiger partial charge in [0.15, 0.2) is 11.4 Å². The van der Waals surface area contributed by atoms with E-state index >= 15 is 0 Å². The number of hydrogen-bond donors (Lipinski definition) is 2. The van der Waals surface area contributed by atoms with Crippen molar-refractivity contribution in [3.05, 3.63) is 11.6 Å². The average molecular weight is 481 g/mol. The van der Waals surface area contributed by atoms with E-state index in [2.05, 4.69) is 0 Å². The lowest BCUT2D eigenvalue weighted by molar-refractivity contribution is -0.167. The van der Waals surface area contributed by atoms with E-state index in [4.69, 9.17) is 14.2 Å². The predicted octanol–water partition coefficient (Wildman–Crippen LogP) is 3.02. The van der Waals surface area contributed by atoms with Crippen LogP contribution in [-0.4, -0.2) is 64.1 Å². The van der Waals surface area contributed by atoms with Crippen molar-refractivity contribution in [1.29, 1.82) is 0 Å². The van der Waals surface area contributed by atoms with Crippen molar-refractivity contribution in [2.45, 2.75) is 115 Å². The largest absolute Gasteiger partial charge is 0.458 e. The van der Waals surface area contributed by atoms with Gasteiger partial charge in [0.2, 0.25) is 0 Å². The summed E-state index contributed by atoms with van der Waals surface area (Å²) in [6, 6.07) is 0. The zero-order valence-corrected chi connectivity index (χ0v) is 20.9. The van der Waals surface area contributed by atoms with Crippen molar-refractivity contribution in [2.24, 2.45) is 11.8 Å². The van der Waals surface area contributed by atoms with Gasteiger partial charge in [-0.15, -0.1) is 0 Å². The molecule has 34 heavy (non-hydrogen) atoms. The molecule has 2 aliphatic heterocycles. The van der Waals surface area contributed by atoms with Crippen LogP contribution in [0.5, 0.6) is 0 Å². The highest BCUT2D eigenvalue weighted by Crippen LogP contribution is 2.44. The van der Waals surface area contributed by atoms with Crippen LogP contribution in [0, 0.1) is 11.8 Å². The number of allylic oxidation sites excluding steroid dienone is 2. The summed E-state index contributed by atoms with van der Waals surface area (Å²) in [5, 5.41) is 22.6. The van der Waals surface area contributed by atoms with Gasteiger partial charge in [-0.25, -0.2) is 4.79 Å². The highest BCUT2D eigenvalue weighted by molar-refractivity contribution is 5.89. The smallest absolute Gasteiger partial charge is 0.339 e. The molecule has 2 N–H and O–H groups in total. The van der Waals surface area contributed by atoms with Gasteiger partial charge in [-0.2, -0.15) is 0 Å². The second-order valence-corrected chi connectivity index (χ2v) is 10.7. The molecule has 3 rings (SSSR count). The van der Waals surface area contributed by atoms with E-state index in [9.17, 15) is 24.6 Å². The van der Waals surface area contributed by atoms with Crippen molar-refractivity contribution >= 4 is 17.7 Å². The summed E-state index contributed by atoms with van der Waals surface area (Å²) in [6.07, 6.45) is 4.40. The van der Waals surface area contributed by atoms with Gasteiger partial charge in [0.05, 0.1) is 6.10 Å². The Labute approximate surface area is 202 Å². The first-order valence-electron chi connectivity index (χ1n) is 12.6. The summed E-state index contributed by atoms with van der Waals surface area (Å²) in [7, 11) is 0. The summed E-state index contributed by atoms with van der Waals surface area (Å²) in [5.41, 5.74) is -2.41. The van der Waals surface area contributed by atoms with E-state index in [1.165, 1.54) is 19.4 Å². The summed E-state index contributed by atoms with van der Waals surface area (Å²) < 4.78 is 17.0. The van der Waals surface area contributed by atoms with Gasteiger partial charge in [0.1, 0.15) is 17.8 Å². The minimum Gasteiger partial charge on any atom is -0.458 e. The Morgan fingerprint density at radius 3 is 2.62 bits per heavy atom. The van der Waals surface area contributed by atoms with Crippen LogP contribution in [0.3, 0.4) is 0 Å². The molecule has 0 saturated carbocycles. The van der Waals surface area contributed by atoms with Gasteiger partial charge in [0.25, 0.3) is 0 Å². The van der Waals surface area contributed by atoms with Crippen LogP contribution in [-0.2, 0) is 28.6 Å². The number of fused-ring (bicyclic) bond motifs is 1. The fourth-order valence-corrected chi connectivity index (χ4v) is 5.53. The molecule has 2 saturated heterocycles. The molecule has 0 bridgehead atoms. The SMILES string of the molecule is CC(=O)O[C@H]1[C@@H]2OC(=O)[C@@](O)(C[C@H]3CCCO3)[C@@H]2CC(=O)[C@@](C)(O)CC/C=C(\C)CCC[C@@H]1C. The van der Waals surface area contributed by atoms with Crippen molar-refractivity contribution in [2.75, 3.05) is 6.61 Å². The van der Waals surface area contributed by atoms with E-state index in [-0.39, 0.29) is 31.3 Å². The van der Waals surface area contributed by atoms with Gasteiger partial charge < -0.3 is 24.4 Å². The highest BCUT2D eigenvalue weighted by Gasteiger charge is 2.61. The Hall–Kier alpha value is -1.77. The lowest BCUT2D eigenvalue weighted by atomic mass is 9.73. The Morgan fingerprint density at radius 1 is 1.24 bits per heavy atom. The minimum absolute atomic E-state index is 0.00548. The first kappa shape index (κ1) is 26.8. The standard InChI is InChI=1S/C26H40O8/c1-16-8-5-10-17(2)22(33-18(3)27)23-20(14-21(28)25(4,30)12-6-9-16)26(31,24(29)34-23)15-19-11-7-13-32-19/h9,17,19-20,22-23,30-31H,5-8,10-15H2,1-4H3/b16-9+/t17-,19+,20+,22+,23+,25-,26+/m0/s1. The van der Waals surface area contributed by atoms with Gasteiger partial charge in [-0.1, -0.05) is 18.6 Å². The minimum atomic E-state index is -1.96. The lowest BCUT2D eigenvalue weighted by Crippen LogP contribution is -2.50. The summed E-state index contributed by atoms with van der Waals surface area (Å²) in [5.74, 6) is -2.94. The molecule has 8 nitrogen and oxygen atoms in total. The van der Waals surface area contributed by atoms with Crippen LogP contribution >= 0.6 is 0 Å². The predicted molar refractivity (Wildman–Crippen MR) is 124 cm³/mol. The number of hydrogen-bond acceptors (Lipinski definition) is 8. The summed E-state index contributed by atoms with van der Waals surface area (Å²) in [6.45, 7) is 7.28. The third-order valence-corrected chi connectivity index (χ3v) is 7.72. The molecular weight excluding hydrogens is 440 g/mol. The Kier molecular flexibility index (Phi) is 8.58. The zero-order valence-electron chi connectivity index (χ0n) is 20.9. The Bertz CT molecular complexity index is 797. The van der Waals surface area contributed by atoms with E-state index in [0.717, 1.165) is 25.7 Å². The van der Waals surface area contributed by atoms with E-state index < -0.39 is 47.0 Å². The number of Topliss-reactive ketones (excluding diaryl/α,β-unsaturated/α-hetero) is 1. The van der Waals surface area contributed by atoms with Crippen LogP contribution in [0.1, 0.15) is 85.5 Å². The molecule has 1 aliphatic carbocycles. The maximum atomic E-state index is 13.3. The van der Waals surface area contributed by atoms with Crippen LogP contribution < -0.4 is 0 Å². The second-order valence-electron chi connectivity index (χ2n) is 10.7. The molecule has 2 heterocycles. The van der Waals surface area contributed by atoms with Crippen LogP contribution in [0.2, 0.25) is 0 Å². The lowest BCUT2D eigenvalue weighted by Gasteiger charge is -2.35. The van der Waals surface area contributed by atoms with Crippen molar-refractivity contribution in [3.8, 4) is 0 Å². The maximum absolute atomic E-state index is 13.3. The number of ketones is 1. The van der Waals surface area contributed by atoms with Gasteiger partial charge in [0, 0.05) is 32.3 Å². The summed E-state index contributed by atoms with van der Waals surface area (Å²) in [4.78, 5) is 38.4. The van der Waals surface area contributed by atoms with Crippen molar-refractivity contribution < 1.29 is 38.8 Å². The van der Waals surface area contributed by atoms with Gasteiger partial charge in [-0.05, 0) is 64.7 Å². The molecule has 0 unspecified atom stereocenters. The van der Waals surface area contributed by atoms with Gasteiger partial charge in [-0.3, -0.25) is 9.59 Å². The molecule has 3 aliphatic rings. The number of carbonyl (C=O) groups excluding carboxylic acids is 3. The molecule has 0 amide bonds. The second kappa shape index (κ2) is 10.9. The molecule has 0 aromatic carbocycles. The normalized spacial score (nSPS) is 41.7. The monoisotopic (exact) mass is 480 g/mol. The van der Waals surface area contributed by atoms with E-state index in [1.807, 2.05) is 19.9 Å². The molecule has 0 spiro atoms. The Balaban J connectivity index is 2.00.